The highest BCUT2D eigenvalue weighted by atomic mass is 14.7. The maximum Gasteiger partial charge on any atom is 0.0205 e. The van der Waals surface area contributed by atoms with E-state index in [2.05, 4.69) is 54.6 Å². The Kier molecular flexibility index (Phi) is 1.89. The Balaban J connectivity index is 1.75. The van der Waals surface area contributed by atoms with Gasteiger partial charge in [0.15, 0.2) is 0 Å². The third kappa shape index (κ3) is 1.18. The summed E-state index contributed by atoms with van der Waals surface area (Å²) in [4.78, 5) is 0. The normalized spacial score (nSPS) is 28.6. The highest BCUT2D eigenvalue weighted by Crippen LogP contribution is 2.72. The largest absolute Gasteiger partial charge is 0.0694 e. The van der Waals surface area contributed by atoms with Crippen molar-refractivity contribution in [2.24, 2.45) is 5.92 Å². The first-order valence-corrected chi connectivity index (χ1v) is 8.50. The van der Waals surface area contributed by atoms with Gasteiger partial charge in [0.2, 0.25) is 0 Å². The van der Waals surface area contributed by atoms with E-state index in [4.69, 9.17) is 0 Å². The molecule has 2 unspecified atom stereocenters. The zero-order chi connectivity index (χ0) is 14.3. The topological polar surface area (TPSA) is 0 Å². The van der Waals surface area contributed by atoms with Crippen molar-refractivity contribution in [2.45, 2.75) is 31.1 Å². The number of fused-ring (bicyclic) bond motifs is 5. The molecule has 0 saturated heterocycles. The van der Waals surface area contributed by atoms with E-state index in [-0.39, 0.29) is 0 Å². The first-order valence-electron chi connectivity index (χ1n) is 8.50. The van der Waals surface area contributed by atoms with Gasteiger partial charge in [-0.25, -0.2) is 0 Å². The third-order valence-electron chi connectivity index (χ3n) is 6.49. The quantitative estimate of drug-likeness (QED) is 0.394. The van der Waals surface area contributed by atoms with E-state index in [0.717, 1.165) is 5.92 Å². The lowest BCUT2D eigenvalue weighted by Gasteiger charge is -2.28. The monoisotopic (exact) mass is 282 g/mol. The van der Waals surface area contributed by atoms with Crippen LogP contribution in [0.15, 0.2) is 65.7 Å². The molecule has 2 atom stereocenters. The SMILES string of the molecule is c1ccc2c(c1)cc(C13CC1CC1=C3CC1)c1ccccc12. The second kappa shape index (κ2) is 3.63. The maximum absolute atomic E-state index is 2.51. The van der Waals surface area contributed by atoms with Crippen molar-refractivity contribution >= 4 is 21.5 Å². The van der Waals surface area contributed by atoms with Gasteiger partial charge in [0, 0.05) is 5.41 Å². The minimum atomic E-state index is 0.428. The summed E-state index contributed by atoms with van der Waals surface area (Å²) in [5, 5.41) is 5.73. The first kappa shape index (κ1) is 11.5. The molecule has 1 fully saturated rings. The fourth-order valence-corrected chi connectivity index (χ4v) is 5.35. The number of allylic oxidation sites excluding steroid dienone is 2. The maximum atomic E-state index is 2.51. The fraction of sp³-hybridized carbons (Fsp3) is 0.273. The molecule has 0 amide bonds. The smallest absolute Gasteiger partial charge is 0.0205 e. The van der Waals surface area contributed by atoms with Crippen molar-refractivity contribution in [1.29, 1.82) is 0 Å². The zero-order valence-corrected chi connectivity index (χ0v) is 12.6. The molecule has 1 saturated carbocycles. The molecule has 0 heterocycles. The van der Waals surface area contributed by atoms with Gasteiger partial charge in [0.1, 0.15) is 0 Å². The molecule has 0 nitrogen and oxygen atoms in total. The minimum absolute atomic E-state index is 0.428. The summed E-state index contributed by atoms with van der Waals surface area (Å²) < 4.78 is 0. The lowest BCUT2D eigenvalue weighted by molar-refractivity contribution is 0.694. The van der Waals surface area contributed by atoms with Crippen LogP contribution in [0.2, 0.25) is 0 Å². The van der Waals surface area contributed by atoms with Gasteiger partial charge in [0.25, 0.3) is 0 Å². The predicted octanol–water partition coefficient (Wildman–Crippen LogP) is 5.74. The van der Waals surface area contributed by atoms with E-state index >= 15 is 0 Å². The molecule has 106 valence electrons. The van der Waals surface area contributed by atoms with Crippen molar-refractivity contribution in [3.63, 3.8) is 0 Å². The second-order valence-electron chi connectivity index (χ2n) is 7.35. The van der Waals surface area contributed by atoms with Crippen LogP contribution in [0.1, 0.15) is 31.2 Å². The van der Waals surface area contributed by atoms with Crippen molar-refractivity contribution in [3.05, 3.63) is 71.3 Å². The van der Waals surface area contributed by atoms with E-state index in [9.17, 15) is 0 Å². The number of benzene rings is 3. The molecular weight excluding hydrogens is 264 g/mol. The van der Waals surface area contributed by atoms with Crippen LogP contribution < -0.4 is 0 Å². The molecule has 0 spiro atoms. The lowest BCUT2D eigenvalue weighted by atomic mass is 9.76. The second-order valence-corrected chi connectivity index (χ2v) is 7.35. The lowest BCUT2D eigenvalue weighted by Crippen LogP contribution is -2.16. The van der Waals surface area contributed by atoms with Crippen molar-refractivity contribution in [3.8, 4) is 0 Å². The highest BCUT2D eigenvalue weighted by Gasteiger charge is 2.63. The molecule has 0 N–H and O–H groups in total. The van der Waals surface area contributed by atoms with Crippen molar-refractivity contribution in [2.75, 3.05) is 0 Å². The van der Waals surface area contributed by atoms with Gasteiger partial charge in [-0.1, -0.05) is 59.7 Å². The summed E-state index contributed by atoms with van der Waals surface area (Å²) in [6, 6.07) is 20.4. The number of rotatable bonds is 1. The molecule has 3 aliphatic rings. The molecule has 0 bridgehead atoms. The van der Waals surface area contributed by atoms with Crippen molar-refractivity contribution < 1.29 is 0 Å². The van der Waals surface area contributed by atoms with Gasteiger partial charge < -0.3 is 0 Å². The van der Waals surface area contributed by atoms with Crippen molar-refractivity contribution in [1.82, 2.24) is 0 Å². The molecule has 3 aromatic carbocycles. The Morgan fingerprint density at radius 1 is 0.818 bits per heavy atom. The van der Waals surface area contributed by atoms with Gasteiger partial charge in [-0.3, -0.25) is 0 Å². The number of hydrogen-bond acceptors (Lipinski definition) is 0. The van der Waals surface area contributed by atoms with E-state index in [0.29, 0.717) is 5.41 Å². The van der Waals surface area contributed by atoms with Gasteiger partial charge in [-0.2, -0.15) is 0 Å². The highest BCUT2D eigenvalue weighted by molar-refractivity contribution is 6.09. The molecule has 0 radical (unpaired) electrons. The molecular formula is C22H18. The summed E-state index contributed by atoms with van der Waals surface area (Å²) >= 11 is 0. The first-order chi connectivity index (χ1) is 10.9. The molecule has 0 aliphatic heterocycles. The molecule has 0 heteroatoms. The van der Waals surface area contributed by atoms with Gasteiger partial charge in [0.05, 0.1) is 0 Å². The van der Waals surface area contributed by atoms with Gasteiger partial charge >= 0.3 is 0 Å². The molecule has 6 rings (SSSR count). The van der Waals surface area contributed by atoms with Gasteiger partial charge in [-0.05, 0) is 64.8 Å². The Morgan fingerprint density at radius 2 is 1.59 bits per heavy atom. The van der Waals surface area contributed by atoms with E-state index in [1.807, 2.05) is 5.57 Å². The Bertz CT molecular complexity index is 991. The zero-order valence-electron chi connectivity index (χ0n) is 12.6. The van der Waals surface area contributed by atoms with Crippen LogP contribution in [-0.2, 0) is 5.41 Å². The Labute approximate surface area is 130 Å². The minimum Gasteiger partial charge on any atom is -0.0694 e. The fourth-order valence-electron chi connectivity index (χ4n) is 5.35. The Hall–Kier alpha value is -2.08. The van der Waals surface area contributed by atoms with Crippen LogP contribution in [0.3, 0.4) is 0 Å². The van der Waals surface area contributed by atoms with Crippen LogP contribution in [0, 0.1) is 5.92 Å². The Morgan fingerprint density at radius 3 is 2.36 bits per heavy atom. The standard InChI is InChI=1S/C22H18/c1-2-6-17-14(5-1)12-21(19-8-4-3-7-18(17)19)22-13-16(22)11-15-9-10-20(15)22/h1-8,12,16H,9-11,13H2. The van der Waals surface area contributed by atoms with E-state index < -0.39 is 0 Å². The summed E-state index contributed by atoms with van der Waals surface area (Å²) in [5.41, 5.74) is 5.67. The van der Waals surface area contributed by atoms with E-state index in [1.165, 1.54) is 47.2 Å². The van der Waals surface area contributed by atoms with Crippen LogP contribution >= 0.6 is 0 Å². The molecule has 0 aromatic heterocycles. The number of hydrogen-bond donors (Lipinski definition) is 0. The average Bonchev–Trinajstić information content (AvgIpc) is 3.19. The average molecular weight is 282 g/mol. The summed E-state index contributed by atoms with van der Waals surface area (Å²) in [7, 11) is 0. The van der Waals surface area contributed by atoms with Crippen LogP contribution in [0.25, 0.3) is 21.5 Å². The van der Waals surface area contributed by atoms with Crippen LogP contribution in [-0.4, -0.2) is 0 Å². The summed E-state index contributed by atoms with van der Waals surface area (Å²) in [6.07, 6.45) is 5.51. The third-order valence-corrected chi connectivity index (χ3v) is 6.49. The molecule has 3 aromatic rings. The van der Waals surface area contributed by atoms with Crippen LogP contribution in [0.5, 0.6) is 0 Å². The molecule has 22 heavy (non-hydrogen) atoms. The summed E-state index contributed by atoms with van der Waals surface area (Å²) in [6.45, 7) is 0. The summed E-state index contributed by atoms with van der Waals surface area (Å²) in [5.74, 6) is 0.907. The predicted molar refractivity (Wildman–Crippen MR) is 92.1 cm³/mol. The molecule has 3 aliphatic carbocycles. The van der Waals surface area contributed by atoms with Crippen LogP contribution in [0.4, 0.5) is 0 Å². The van der Waals surface area contributed by atoms with Gasteiger partial charge in [-0.15, -0.1) is 0 Å². The van der Waals surface area contributed by atoms with E-state index in [1.54, 1.807) is 11.1 Å².